The third-order valence-electron chi connectivity index (χ3n) is 2.80. The zero-order valence-corrected chi connectivity index (χ0v) is 12.6. The fraction of sp³-hybridized carbons (Fsp3) is 0.643. The summed E-state index contributed by atoms with van der Waals surface area (Å²) in [6, 6.07) is 1.84. The average Bonchev–Trinajstić information content (AvgIpc) is 2.39. The minimum absolute atomic E-state index is 0.0434. The number of aliphatic hydroxyl groups is 1. The molecule has 4 heteroatoms. The lowest BCUT2D eigenvalue weighted by Crippen LogP contribution is -2.02. The Morgan fingerprint density at radius 2 is 1.94 bits per heavy atom. The van der Waals surface area contributed by atoms with E-state index in [0.717, 1.165) is 16.5 Å². The number of hydrogen-bond donors (Lipinski definition) is 1. The van der Waals surface area contributed by atoms with Crippen molar-refractivity contribution in [1.82, 2.24) is 4.98 Å². The molecular formula is C14H22BrNO2. The number of halogens is 1. The standard InChI is InChI=1S/C14H22BrNO2/c1-2-3-4-5-6-7-8-18-14-12(11-17)9-13(15)10-16-14/h9-10,17H,2-8,11H2,1H3. The molecule has 0 aliphatic carbocycles. The van der Waals surface area contributed by atoms with E-state index < -0.39 is 0 Å². The van der Waals surface area contributed by atoms with Crippen LogP contribution in [0.2, 0.25) is 0 Å². The van der Waals surface area contributed by atoms with Crippen LogP contribution in [-0.2, 0) is 6.61 Å². The second kappa shape index (κ2) is 9.34. The molecule has 0 atom stereocenters. The summed E-state index contributed by atoms with van der Waals surface area (Å²) < 4.78 is 6.46. The van der Waals surface area contributed by atoms with Gasteiger partial charge in [-0.3, -0.25) is 0 Å². The van der Waals surface area contributed by atoms with Crippen molar-refractivity contribution >= 4 is 15.9 Å². The Morgan fingerprint density at radius 3 is 2.67 bits per heavy atom. The van der Waals surface area contributed by atoms with Gasteiger partial charge in [-0.1, -0.05) is 39.0 Å². The third-order valence-corrected chi connectivity index (χ3v) is 3.23. The lowest BCUT2D eigenvalue weighted by atomic mass is 10.1. The van der Waals surface area contributed by atoms with Gasteiger partial charge in [0.05, 0.1) is 13.2 Å². The fourth-order valence-corrected chi connectivity index (χ4v) is 2.14. The molecule has 1 N–H and O–H groups in total. The van der Waals surface area contributed by atoms with E-state index in [9.17, 15) is 5.11 Å². The van der Waals surface area contributed by atoms with Crippen LogP contribution < -0.4 is 4.74 Å². The van der Waals surface area contributed by atoms with Crippen molar-refractivity contribution in [3.63, 3.8) is 0 Å². The van der Waals surface area contributed by atoms with Crippen molar-refractivity contribution in [2.24, 2.45) is 0 Å². The lowest BCUT2D eigenvalue weighted by molar-refractivity contribution is 0.254. The first kappa shape index (κ1) is 15.4. The molecule has 0 radical (unpaired) electrons. The summed E-state index contributed by atoms with van der Waals surface area (Å²) in [6.07, 6.45) is 9.13. The van der Waals surface area contributed by atoms with Crippen LogP contribution in [0.25, 0.3) is 0 Å². The second-order valence-corrected chi connectivity index (χ2v) is 5.31. The SMILES string of the molecule is CCCCCCCCOc1ncc(Br)cc1CO. The highest BCUT2D eigenvalue weighted by Crippen LogP contribution is 2.20. The maximum atomic E-state index is 9.20. The molecule has 3 nitrogen and oxygen atoms in total. The van der Waals surface area contributed by atoms with Crippen LogP contribution in [0.5, 0.6) is 5.88 Å². The summed E-state index contributed by atoms with van der Waals surface area (Å²) in [7, 11) is 0. The van der Waals surface area contributed by atoms with E-state index >= 15 is 0 Å². The number of aromatic nitrogens is 1. The lowest BCUT2D eigenvalue weighted by Gasteiger charge is -2.09. The van der Waals surface area contributed by atoms with Crippen molar-refractivity contribution in [2.45, 2.75) is 52.1 Å². The van der Waals surface area contributed by atoms with Crippen LogP contribution >= 0.6 is 15.9 Å². The summed E-state index contributed by atoms with van der Waals surface area (Å²) in [5.41, 5.74) is 0.732. The van der Waals surface area contributed by atoms with Crippen LogP contribution in [0, 0.1) is 0 Å². The van der Waals surface area contributed by atoms with E-state index in [1.54, 1.807) is 6.20 Å². The molecule has 0 bridgehead atoms. The minimum Gasteiger partial charge on any atom is -0.477 e. The van der Waals surface area contributed by atoms with Gasteiger partial charge in [-0.2, -0.15) is 0 Å². The van der Waals surface area contributed by atoms with Gasteiger partial charge in [-0.05, 0) is 28.4 Å². The Balaban J connectivity index is 2.22. The molecule has 0 aliphatic rings. The Hall–Kier alpha value is -0.610. The van der Waals surface area contributed by atoms with E-state index in [2.05, 4.69) is 27.8 Å². The molecule has 0 amide bonds. The second-order valence-electron chi connectivity index (χ2n) is 4.39. The van der Waals surface area contributed by atoms with Gasteiger partial charge in [-0.25, -0.2) is 4.98 Å². The van der Waals surface area contributed by atoms with E-state index in [1.807, 2.05) is 6.07 Å². The zero-order valence-electron chi connectivity index (χ0n) is 11.0. The van der Waals surface area contributed by atoms with Gasteiger partial charge in [0.2, 0.25) is 5.88 Å². The summed E-state index contributed by atoms with van der Waals surface area (Å²) >= 11 is 3.33. The van der Waals surface area contributed by atoms with Crippen molar-refractivity contribution in [3.05, 3.63) is 22.3 Å². The Labute approximate surface area is 118 Å². The number of aliphatic hydroxyl groups excluding tert-OH is 1. The molecule has 0 spiro atoms. The van der Waals surface area contributed by atoms with Crippen molar-refractivity contribution in [2.75, 3.05) is 6.61 Å². The van der Waals surface area contributed by atoms with Gasteiger partial charge in [0.1, 0.15) is 0 Å². The minimum atomic E-state index is -0.0434. The molecule has 1 aromatic rings. The number of ether oxygens (including phenoxy) is 1. The van der Waals surface area contributed by atoms with Gasteiger partial charge in [-0.15, -0.1) is 0 Å². The highest BCUT2D eigenvalue weighted by molar-refractivity contribution is 9.10. The first-order valence-corrected chi connectivity index (χ1v) is 7.45. The third kappa shape index (κ3) is 5.83. The highest BCUT2D eigenvalue weighted by atomic mass is 79.9. The largest absolute Gasteiger partial charge is 0.477 e. The predicted octanol–water partition coefficient (Wildman–Crippen LogP) is 4.08. The van der Waals surface area contributed by atoms with Gasteiger partial charge in [0, 0.05) is 16.2 Å². The number of pyridine rings is 1. The maximum Gasteiger partial charge on any atom is 0.218 e. The monoisotopic (exact) mass is 315 g/mol. The number of rotatable bonds is 9. The molecule has 102 valence electrons. The smallest absolute Gasteiger partial charge is 0.218 e. The van der Waals surface area contributed by atoms with Crippen molar-refractivity contribution in [1.29, 1.82) is 0 Å². The van der Waals surface area contributed by atoms with E-state index in [1.165, 1.54) is 32.1 Å². The zero-order chi connectivity index (χ0) is 13.2. The molecule has 18 heavy (non-hydrogen) atoms. The molecule has 1 aromatic heterocycles. The topological polar surface area (TPSA) is 42.4 Å². The highest BCUT2D eigenvalue weighted by Gasteiger charge is 2.05. The van der Waals surface area contributed by atoms with Crippen LogP contribution in [0.15, 0.2) is 16.7 Å². The molecule has 0 fully saturated rings. The maximum absolute atomic E-state index is 9.20. The molecule has 0 unspecified atom stereocenters. The quantitative estimate of drug-likeness (QED) is 0.698. The van der Waals surface area contributed by atoms with Gasteiger partial charge in [0.25, 0.3) is 0 Å². The number of unbranched alkanes of at least 4 members (excludes halogenated alkanes) is 5. The van der Waals surface area contributed by atoms with Crippen LogP contribution in [0.1, 0.15) is 51.0 Å². The first-order valence-electron chi connectivity index (χ1n) is 6.66. The Morgan fingerprint density at radius 1 is 1.22 bits per heavy atom. The van der Waals surface area contributed by atoms with Gasteiger partial charge >= 0.3 is 0 Å². The summed E-state index contributed by atoms with van der Waals surface area (Å²) in [4.78, 5) is 4.17. The number of nitrogens with zero attached hydrogens (tertiary/aromatic N) is 1. The molecule has 1 rings (SSSR count). The Bertz CT molecular complexity index is 345. The van der Waals surface area contributed by atoms with E-state index in [-0.39, 0.29) is 6.61 Å². The van der Waals surface area contributed by atoms with Crippen molar-refractivity contribution in [3.8, 4) is 5.88 Å². The molecule has 0 saturated heterocycles. The number of hydrogen-bond acceptors (Lipinski definition) is 3. The summed E-state index contributed by atoms with van der Waals surface area (Å²) in [5, 5.41) is 9.20. The van der Waals surface area contributed by atoms with E-state index in [0.29, 0.717) is 12.5 Å². The normalized spacial score (nSPS) is 10.6. The molecular weight excluding hydrogens is 294 g/mol. The van der Waals surface area contributed by atoms with Crippen molar-refractivity contribution < 1.29 is 9.84 Å². The van der Waals surface area contributed by atoms with Crippen LogP contribution in [0.3, 0.4) is 0 Å². The summed E-state index contributed by atoms with van der Waals surface area (Å²) in [6.45, 7) is 2.85. The summed E-state index contributed by atoms with van der Waals surface area (Å²) in [5.74, 6) is 0.550. The average molecular weight is 316 g/mol. The predicted molar refractivity (Wildman–Crippen MR) is 76.7 cm³/mol. The molecule has 0 aromatic carbocycles. The molecule has 0 saturated carbocycles. The van der Waals surface area contributed by atoms with Gasteiger partial charge in [0.15, 0.2) is 0 Å². The first-order chi connectivity index (χ1) is 8.77. The molecule has 0 aliphatic heterocycles. The fourth-order valence-electron chi connectivity index (χ4n) is 1.76. The van der Waals surface area contributed by atoms with Crippen LogP contribution in [0.4, 0.5) is 0 Å². The van der Waals surface area contributed by atoms with Crippen LogP contribution in [-0.4, -0.2) is 16.7 Å². The van der Waals surface area contributed by atoms with E-state index in [4.69, 9.17) is 4.74 Å². The molecule has 1 heterocycles. The Kier molecular flexibility index (Phi) is 8.01. The van der Waals surface area contributed by atoms with Gasteiger partial charge < -0.3 is 9.84 Å².